The first kappa shape index (κ1) is 26.4. The molecule has 1 aromatic heterocycles. The Bertz CT molecular complexity index is 1120. The van der Waals surface area contributed by atoms with Crippen molar-refractivity contribution in [2.24, 2.45) is 0 Å². The van der Waals surface area contributed by atoms with E-state index < -0.39 is 0 Å². The van der Waals surface area contributed by atoms with Crippen LogP contribution in [0.25, 0.3) is 10.4 Å². The first-order valence-electron chi connectivity index (χ1n) is 11.4. The molecule has 35 heavy (non-hydrogen) atoms. The van der Waals surface area contributed by atoms with E-state index in [4.69, 9.17) is 4.74 Å². The van der Waals surface area contributed by atoms with Gasteiger partial charge in [-0.1, -0.05) is 65.9 Å². The molecule has 9 heteroatoms. The predicted molar refractivity (Wildman–Crippen MR) is 142 cm³/mol. The zero-order valence-corrected chi connectivity index (χ0v) is 21.3. The summed E-state index contributed by atoms with van der Waals surface area (Å²) in [7, 11) is 0. The Labute approximate surface area is 213 Å². The highest BCUT2D eigenvalue weighted by Crippen LogP contribution is 2.30. The maximum Gasteiger partial charge on any atom is 0.230 e. The van der Waals surface area contributed by atoms with Crippen molar-refractivity contribution in [3.8, 4) is 16.2 Å². The van der Waals surface area contributed by atoms with Crippen molar-refractivity contribution in [3.05, 3.63) is 66.4 Å². The minimum atomic E-state index is -0.142. The van der Waals surface area contributed by atoms with Gasteiger partial charge in [-0.05, 0) is 42.2 Å². The van der Waals surface area contributed by atoms with Gasteiger partial charge in [-0.3, -0.25) is 14.4 Å². The number of thioether (sulfide) groups is 1. The molecule has 0 bridgehead atoms. The Morgan fingerprint density at radius 1 is 1.00 bits per heavy atom. The highest BCUT2D eigenvalue weighted by molar-refractivity contribution is 8.14. The van der Waals surface area contributed by atoms with Crippen molar-refractivity contribution in [1.82, 2.24) is 10.3 Å². The van der Waals surface area contributed by atoms with E-state index in [1.54, 1.807) is 6.20 Å². The van der Waals surface area contributed by atoms with Crippen LogP contribution in [0.4, 0.5) is 5.13 Å². The molecule has 2 N–H and O–H groups in total. The molecular weight excluding hydrogens is 482 g/mol. The quantitative estimate of drug-likeness (QED) is 0.303. The Hall–Kier alpha value is -3.17. The molecule has 2 aromatic carbocycles. The van der Waals surface area contributed by atoms with Crippen LogP contribution in [0.3, 0.4) is 0 Å². The highest BCUT2D eigenvalue weighted by Gasteiger charge is 2.09. The van der Waals surface area contributed by atoms with Crippen molar-refractivity contribution < 1.29 is 19.1 Å². The summed E-state index contributed by atoms with van der Waals surface area (Å²) in [6.45, 7) is 2.46. The predicted octanol–water partition coefficient (Wildman–Crippen LogP) is 5.28. The molecule has 0 fully saturated rings. The molecule has 7 nitrogen and oxygen atoms in total. The summed E-state index contributed by atoms with van der Waals surface area (Å²) < 4.78 is 5.83. The molecule has 0 spiro atoms. The van der Waals surface area contributed by atoms with E-state index in [0.717, 1.165) is 52.8 Å². The summed E-state index contributed by atoms with van der Waals surface area (Å²) in [4.78, 5) is 40.0. The van der Waals surface area contributed by atoms with Gasteiger partial charge in [0.15, 0.2) is 10.2 Å². The first-order valence-corrected chi connectivity index (χ1v) is 13.2. The van der Waals surface area contributed by atoms with Crippen molar-refractivity contribution in [2.75, 3.05) is 17.6 Å². The lowest BCUT2D eigenvalue weighted by molar-refractivity contribution is -0.119. The van der Waals surface area contributed by atoms with Crippen LogP contribution >= 0.6 is 23.1 Å². The molecule has 0 unspecified atom stereocenters. The third-order valence-electron chi connectivity index (χ3n) is 4.92. The second-order valence-corrected chi connectivity index (χ2v) is 10.0. The second-order valence-electron chi connectivity index (χ2n) is 7.82. The van der Waals surface area contributed by atoms with Crippen molar-refractivity contribution >= 4 is 45.2 Å². The number of hydrogen-bond donors (Lipinski definition) is 2. The zero-order valence-electron chi connectivity index (χ0n) is 19.6. The number of ether oxygens (including phenoxy) is 1. The van der Waals surface area contributed by atoms with Gasteiger partial charge in [0.2, 0.25) is 11.8 Å². The van der Waals surface area contributed by atoms with E-state index in [-0.39, 0.29) is 22.7 Å². The Kier molecular flexibility index (Phi) is 10.8. The summed E-state index contributed by atoms with van der Waals surface area (Å²) in [6, 6.07) is 17.8. The summed E-state index contributed by atoms with van der Waals surface area (Å²) >= 11 is 2.44. The molecule has 1 heterocycles. The van der Waals surface area contributed by atoms with Gasteiger partial charge in [-0.25, -0.2) is 4.98 Å². The number of nitrogens with one attached hydrogen (secondary N) is 2. The maximum absolute atomic E-state index is 12.3. The fourth-order valence-electron chi connectivity index (χ4n) is 3.18. The summed E-state index contributed by atoms with van der Waals surface area (Å²) in [5.41, 5.74) is 2.08. The highest BCUT2D eigenvalue weighted by atomic mass is 32.2. The molecule has 0 aliphatic heterocycles. The first-order chi connectivity index (χ1) is 17.0. The number of carbonyl (C=O) groups excluding carboxylic acids is 3. The minimum absolute atomic E-state index is 0.0690. The van der Waals surface area contributed by atoms with Crippen LogP contribution in [-0.2, 0) is 21.0 Å². The van der Waals surface area contributed by atoms with Gasteiger partial charge in [0.05, 0.1) is 10.6 Å². The monoisotopic (exact) mass is 511 g/mol. The Morgan fingerprint density at radius 3 is 2.63 bits per heavy atom. The average molecular weight is 512 g/mol. The summed E-state index contributed by atoms with van der Waals surface area (Å²) in [5, 5.41) is 6.15. The van der Waals surface area contributed by atoms with Crippen LogP contribution < -0.4 is 15.4 Å². The molecule has 3 aromatic rings. The lowest BCUT2D eigenvalue weighted by Crippen LogP contribution is -2.26. The largest absolute Gasteiger partial charge is 0.489 e. The standard InChI is InChI=1S/C26H29N3O4S2/c1-19(30)34-18-25(32)27-14-7-3-6-13-24(31)29-26-28-16-23(35-26)21-10-8-9-20(15-21)17-33-22-11-4-2-5-12-22/h2,4-5,8-12,15-16H,3,6-7,13-14,17-18H2,1H3,(H,27,32)(H,28,29,31). The normalized spacial score (nSPS) is 10.5. The molecular formula is C26H29N3O4S2. The Balaban J connectivity index is 1.37. The molecule has 0 saturated heterocycles. The number of unbranched alkanes of at least 4 members (excludes halogenated alkanes) is 2. The molecule has 3 rings (SSSR count). The molecule has 184 valence electrons. The van der Waals surface area contributed by atoms with Gasteiger partial charge in [0.25, 0.3) is 0 Å². The third-order valence-corrected chi connectivity index (χ3v) is 6.70. The lowest BCUT2D eigenvalue weighted by Gasteiger charge is -2.07. The Morgan fingerprint density at radius 2 is 1.83 bits per heavy atom. The number of thiazole rings is 1. The van der Waals surface area contributed by atoms with E-state index in [9.17, 15) is 14.4 Å². The van der Waals surface area contributed by atoms with Crippen LogP contribution in [0.1, 0.15) is 38.2 Å². The number of benzene rings is 2. The van der Waals surface area contributed by atoms with Gasteiger partial charge >= 0.3 is 0 Å². The summed E-state index contributed by atoms with van der Waals surface area (Å²) in [5.74, 6) is 0.767. The van der Waals surface area contributed by atoms with Gasteiger partial charge in [-0.2, -0.15) is 0 Å². The van der Waals surface area contributed by atoms with Gasteiger partial charge < -0.3 is 15.4 Å². The van der Waals surface area contributed by atoms with Gasteiger partial charge in [-0.15, -0.1) is 0 Å². The van der Waals surface area contributed by atoms with Crippen LogP contribution in [0.2, 0.25) is 0 Å². The average Bonchev–Trinajstić information content (AvgIpc) is 3.33. The number of nitrogens with zero attached hydrogens (tertiary/aromatic N) is 1. The third kappa shape index (κ3) is 9.92. The van der Waals surface area contributed by atoms with Gasteiger partial charge in [0.1, 0.15) is 12.4 Å². The molecule has 0 radical (unpaired) electrons. The maximum atomic E-state index is 12.3. The molecule has 0 aliphatic rings. The number of para-hydroxylation sites is 1. The number of hydrogen-bond acceptors (Lipinski definition) is 7. The van der Waals surface area contributed by atoms with Crippen molar-refractivity contribution in [1.29, 1.82) is 0 Å². The van der Waals surface area contributed by atoms with Crippen molar-refractivity contribution in [3.63, 3.8) is 0 Å². The fraction of sp³-hybridized carbons (Fsp3) is 0.308. The van der Waals surface area contributed by atoms with Crippen molar-refractivity contribution in [2.45, 2.75) is 39.2 Å². The van der Waals surface area contributed by atoms with E-state index in [1.165, 1.54) is 18.3 Å². The minimum Gasteiger partial charge on any atom is -0.489 e. The molecule has 0 atom stereocenters. The SMILES string of the molecule is CC(=O)SCC(=O)NCCCCCC(=O)Nc1ncc(-c2cccc(COc3ccccc3)c2)s1. The molecule has 0 saturated carbocycles. The number of anilines is 1. The van der Waals surface area contributed by atoms with Gasteiger partial charge in [0, 0.05) is 26.1 Å². The van der Waals surface area contributed by atoms with E-state index in [2.05, 4.69) is 21.7 Å². The molecule has 0 aliphatic carbocycles. The van der Waals surface area contributed by atoms with Crippen LogP contribution in [0.5, 0.6) is 5.75 Å². The molecule has 2 amide bonds. The zero-order chi connectivity index (χ0) is 24.9. The van der Waals surface area contributed by atoms with Crippen LogP contribution in [0, 0.1) is 0 Å². The van der Waals surface area contributed by atoms with Crippen LogP contribution in [0.15, 0.2) is 60.8 Å². The number of carbonyl (C=O) groups is 3. The summed E-state index contributed by atoms with van der Waals surface area (Å²) in [6.07, 6.45) is 4.51. The van der Waals surface area contributed by atoms with E-state index in [0.29, 0.717) is 24.7 Å². The second kappa shape index (κ2) is 14.3. The topological polar surface area (TPSA) is 97.4 Å². The lowest BCUT2D eigenvalue weighted by atomic mass is 10.1. The number of rotatable bonds is 13. The number of amides is 2. The van der Waals surface area contributed by atoms with Crippen LogP contribution in [-0.4, -0.2) is 34.2 Å². The van der Waals surface area contributed by atoms with E-state index in [1.807, 2.05) is 48.5 Å². The van der Waals surface area contributed by atoms with E-state index >= 15 is 0 Å². The fourth-order valence-corrected chi connectivity index (χ4v) is 4.44. The smallest absolute Gasteiger partial charge is 0.230 e. The number of aromatic nitrogens is 1.